The molecule has 1 saturated carbocycles. The van der Waals surface area contributed by atoms with Crippen LogP contribution in [0.1, 0.15) is 25.7 Å². The fourth-order valence-corrected chi connectivity index (χ4v) is 1.74. The lowest BCUT2D eigenvalue weighted by molar-refractivity contribution is -0.141. The third-order valence-corrected chi connectivity index (χ3v) is 2.53. The van der Waals surface area contributed by atoms with Crippen molar-refractivity contribution in [3.63, 3.8) is 0 Å². The lowest BCUT2D eigenvalue weighted by Gasteiger charge is -2.29. The molecule has 0 aromatic rings. The Morgan fingerprint density at radius 3 is 2.50 bits per heavy atom. The van der Waals surface area contributed by atoms with Gasteiger partial charge in [0.05, 0.1) is 6.10 Å². The van der Waals surface area contributed by atoms with Crippen molar-refractivity contribution in [3.05, 3.63) is 0 Å². The van der Waals surface area contributed by atoms with Crippen LogP contribution in [0, 0.1) is 5.92 Å². The molecule has 0 bridgehead atoms. The standard InChI is InChI=1S/C8H15NO3/c9-7(8(11)12)5-3-1-2-4-6(5)10/h5-7,10H,1-4,9H2,(H,11,12)/t5-,6-,7+/m1/s1. The number of aliphatic hydroxyl groups is 1. The number of hydrogen-bond donors (Lipinski definition) is 3. The van der Waals surface area contributed by atoms with Crippen LogP contribution in [0.2, 0.25) is 0 Å². The van der Waals surface area contributed by atoms with E-state index in [9.17, 15) is 9.90 Å². The summed E-state index contributed by atoms with van der Waals surface area (Å²) < 4.78 is 0. The molecule has 0 aliphatic heterocycles. The third kappa shape index (κ3) is 1.95. The van der Waals surface area contributed by atoms with Gasteiger partial charge in [-0.25, -0.2) is 0 Å². The number of carbonyl (C=O) groups is 1. The highest BCUT2D eigenvalue weighted by Gasteiger charge is 2.32. The van der Waals surface area contributed by atoms with Crippen molar-refractivity contribution < 1.29 is 15.0 Å². The maximum atomic E-state index is 10.5. The number of rotatable bonds is 2. The quantitative estimate of drug-likeness (QED) is 0.546. The van der Waals surface area contributed by atoms with Crippen LogP contribution in [0.15, 0.2) is 0 Å². The average Bonchev–Trinajstić information content (AvgIpc) is 2.04. The summed E-state index contributed by atoms with van der Waals surface area (Å²) in [4.78, 5) is 10.5. The van der Waals surface area contributed by atoms with E-state index in [2.05, 4.69) is 0 Å². The molecule has 4 heteroatoms. The number of carboxylic acid groups (broad SMARTS) is 1. The van der Waals surface area contributed by atoms with E-state index >= 15 is 0 Å². The van der Waals surface area contributed by atoms with Gasteiger partial charge in [-0.15, -0.1) is 0 Å². The maximum Gasteiger partial charge on any atom is 0.320 e. The minimum atomic E-state index is -1.01. The largest absolute Gasteiger partial charge is 0.480 e. The number of nitrogens with two attached hydrogens (primary N) is 1. The van der Waals surface area contributed by atoms with Gasteiger partial charge in [-0.3, -0.25) is 4.79 Å². The Labute approximate surface area is 71.4 Å². The fraction of sp³-hybridized carbons (Fsp3) is 0.875. The molecule has 0 spiro atoms. The second-order valence-corrected chi connectivity index (χ2v) is 3.38. The first-order valence-electron chi connectivity index (χ1n) is 4.29. The van der Waals surface area contributed by atoms with Gasteiger partial charge < -0.3 is 15.9 Å². The Kier molecular flexibility index (Phi) is 3.05. The average molecular weight is 173 g/mol. The first-order chi connectivity index (χ1) is 5.63. The topological polar surface area (TPSA) is 83.6 Å². The molecule has 1 aliphatic carbocycles. The zero-order valence-corrected chi connectivity index (χ0v) is 6.94. The van der Waals surface area contributed by atoms with E-state index in [4.69, 9.17) is 10.8 Å². The van der Waals surface area contributed by atoms with Crippen LogP contribution in [-0.2, 0) is 4.79 Å². The maximum absolute atomic E-state index is 10.5. The van der Waals surface area contributed by atoms with Gasteiger partial charge in [-0.1, -0.05) is 12.8 Å². The van der Waals surface area contributed by atoms with Crippen molar-refractivity contribution in [2.24, 2.45) is 11.7 Å². The molecular weight excluding hydrogens is 158 g/mol. The van der Waals surface area contributed by atoms with E-state index in [1.54, 1.807) is 0 Å². The van der Waals surface area contributed by atoms with Crippen LogP contribution in [-0.4, -0.2) is 28.3 Å². The van der Waals surface area contributed by atoms with E-state index in [0.717, 1.165) is 19.3 Å². The Morgan fingerprint density at radius 2 is 2.00 bits per heavy atom. The molecule has 1 fully saturated rings. The molecule has 3 atom stereocenters. The minimum Gasteiger partial charge on any atom is -0.480 e. The Hall–Kier alpha value is -0.610. The lowest BCUT2D eigenvalue weighted by Crippen LogP contribution is -2.45. The monoisotopic (exact) mass is 173 g/mol. The van der Waals surface area contributed by atoms with Crippen LogP contribution < -0.4 is 5.73 Å². The van der Waals surface area contributed by atoms with Gasteiger partial charge in [0.15, 0.2) is 0 Å². The van der Waals surface area contributed by atoms with E-state index in [1.165, 1.54) is 0 Å². The Morgan fingerprint density at radius 1 is 1.42 bits per heavy atom. The van der Waals surface area contributed by atoms with Crippen molar-refractivity contribution in [2.75, 3.05) is 0 Å². The van der Waals surface area contributed by atoms with Gasteiger partial charge in [0.2, 0.25) is 0 Å². The second-order valence-electron chi connectivity index (χ2n) is 3.38. The number of aliphatic hydroxyl groups excluding tert-OH is 1. The summed E-state index contributed by atoms with van der Waals surface area (Å²) in [5.74, 6) is -1.27. The third-order valence-electron chi connectivity index (χ3n) is 2.53. The van der Waals surface area contributed by atoms with E-state index in [-0.39, 0.29) is 5.92 Å². The molecule has 4 nitrogen and oxygen atoms in total. The normalized spacial score (nSPS) is 32.8. The molecule has 70 valence electrons. The van der Waals surface area contributed by atoms with Crippen LogP contribution in [0.25, 0.3) is 0 Å². The summed E-state index contributed by atoms with van der Waals surface area (Å²) in [6.07, 6.45) is 2.84. The number of carboxylic acids is 1. The molecule has 0 saturated heterocycles. The van der Waals surface area contributed by atoms with Crippen LogP contribution in [0.4, 0.5) is 0 Å². The molecule has 12 heavy (non-hydrogen) atoms. The molecule has 0 radical (unpaired) electrons. The zero-order chi connectivity index (χ0) is 9.14. The molecule has 0 amide bonds. The highest BCUT2D eigenvalue weighted by molar-refractivity contribution is 5.73. The molecule has 4 N–H and O–H groups in total. The van der Waals surface area contributed by atoms with Gasteiger partial charge in [-0.2, -0.15) is 0 Å². The van der Waals surface area contributed by atoms with Crippen molar-refractivity contribution in [3.8, 4) is 0 Å². The summed E-state index contributed by atoms with van der Waals surface area (Å²) in [5, 5.41) is 18.1. The van der Waals surface area contributed by atoms with E-state index in [1.807, 2.05) is 0 Å². The lowest BCUT2D eigenvalue weighted by atomic mass is 9.82. The van der Waals surface area contributed by atoms with E-state index < -0.39 is 18.1 Å². The molecule has 0 aromatic heterocycles. The van der Waals surface area contributed by atoms with Crippen molar-refractivity contribution in [1.29, 1.82) is 0 Å². The van der Waals surface area contributed by atoms with E-state index in [0.29, 0.717) is 6.42 Å². The van der Waals surface area contributed by atoms with Crippen molar-refractivity contribution in [1.82, 2.24) is 0 Å². The molecule has 1 aliphatic rings. The minimum absolute atomic E-state index is 0.253. The van der Waals surface area contributed by atoms with Crippen molar-refractivity contribution >= 4 is 5.97 Å². The fourth-order valence-electron chi connectivity index (χ4n) is 1.74. The van der Waals surface area contributed by atoms with Crippen LogP contribution in [0.3, 0.4) is 0 Å². The van der Waals surface area contributed by atoms with Gasteiger partial charge in [0, 0.05) is 5.92 Å². The summed E-state index contributed by atoms with van der Waals surface area (Å²) in [7, 11) is 0. The second kappa shape index (κ2) is 3.87. The SMILES string of the molecule is N[C@H](C(=O)O)[C@@H]1CCCC[C@H]1O. The van der Waals surface area contributed by atoms with Gasteiger partial charge in [-0.05, 0) is 12.8 Å². The highest BCUT2D eigenvalue weighted by atomic mass is 16.4. The summed E-state index contributed by atoms with van der Waals surface area (Å²) in [6.45, 7) is 0. The van der Waals surface area contributed by atoms with Gasteiger partial charge >= 0.3 is 5.97 Å². The predicted octanol–water partition coefficient (Wildman–Crippen LogP) is -0.0506. The summed E-state index contributed by atoms with van der Waals surface area (Å²) in [5.41, 5.74) is 5.42. The van der Waals surface area contributed by atoms with Crippen LogP contribution in [0.5, 0.6) is 0 Å². The number of aliphatic carboxylic acids is 1. The first kappa shape index (κ1) is 9.48. The molecular formula is C8H15NO3. The van der Waals surface area contributed by atoms with Gasteiger partial charge in [0.25, 0.3) is 0 Å². The molecule has 0 unspecified atom stereocenters. The first-order valence-corrected chi connectivity index (χ1v) is 4.29. The number of hydrogen-bond acceptors (Lipinski definition) is 3. The molecule has 1 rings (SSSR count). The van der Waals surface area contributed by atoms with Crippen LogP contribution >= 0.6 is 0 Å². The smallest absolute Gasteiger partial charge is 0.320 e. The Bertz CT molecular complexity index is 172. The van der Waals surface area contributed by atoms with Gasteiger partial charge in [0.1, 0.15) is 6.04 Å². The predicted molar refractivity (Wildman–Crippen MR) is 43.6 cm³/mol. The molecule has 0 aromatic carbocycles. The summed E-state index contributed by atoms with van der Waals surface area (Å²) >= 11 is 0. The highest BCUT2D eigenvalue weighted by Crippen LogP contribution is 2.26. The summed E-state index contributed by atoms with van der Waals surface area (Å²) in [6, 6.07) is -0.903. The molecule has 0 heterocycles. The zero-order valence-electron chi connectivity index (χ0n) is 6.94. The van der Waals surface area contributed by atoms with Crippen molar-refractivity contribution in [2.45, 2.75) is 37.8 Å². The Balaban J connectivity index is 2.53.